The van der Waals surface area contributed by atoms with Gasteiger partial charge < -0.3 is 15.4 Å². The first-order valence-electron chi connectivity index (χ1n) is 14.7. The van der Waals surface area contributed by atoms with Crippen LogP contribution in [0.5, 0.6) is 0 Å². The van der Waals surface area contributed by atoms with Crippen molar-refractivity contribution in [3.05, 3.63) is 111 Å². The highest BCUT2D eigenvalue weighted by molar-refractivity contribution is 7.99. The van der Waals surface area contributed by atoms with E-state index in [0.717, 1.165) is 22.5 Å². The molecular formula is C33H33Cl3N6O3S. The molecule has 0 unspecified atom stereocenters. The van der Waals surface area contributed by atoms with Gasteiger partial charge in [-0.3, -0.25) is 4.79 Å². The summed E-state index contributed by atoms with van der Waals surface area (Å²) in [7, 11) is 0. The average Bonchev–Trinajstić information content (AvgIpc) is 2.97. The Bertz CT molecular complexity index is 1610. The first kappa shape index (κ1) is 33.9. The van der Waals surface area contributed by atoms with Crippen LogP contribution in [0.1, 0.15) is 67.0 Å². The largest absolute Gasteiger partial charge is 0.444 e. The molecule has 0 spiro atoms. The van der Waals surface area contributed by atoms with Crippen LogP contribution < -0.4 is 10.6 Å². The van der Waals surface area contributed by atoms with E-state index in [1.54, 1.807) is 26.8 Å². The molecule has 5 rings (SSSR count). The van der Waals surface area contributed by atoms with E-state index in [4.69, 9.17) is 44.5 Å². The molecule has 0 aliphatic heterocycles. The SMILES string of the molecule is CC(C)(C)OC(=O)NCC(=O)NCCSc1cc([C@H]2[C@@H](c3ccccc3)[C@H](c3cc(Cl)nc(Cl)n3)[C@@H]2c2ccccc2)nc(Cl)n1. The highest BCUT2D eigenvalue weighted by Gasteiger charge is 2.54. The van der Waals surface area contributed by atoms with Crippen LogP contribution >= 0.6 is 46.6 Å². The van der Waals surface area contributed by atoms with Gasteiger partial charge in [-0.15, -0.1) is 11.8 Å². The van der Waals surface area contributed by atoms with Gasteiger partial charge in [0.05, 0.1) is 17.9 Å². The van der Waals surface area contributed by atoms with Crippen LogP contribution in [0.3, 0.4) is 0 Å². The lowest BCUT2D eigenvalue weighted by atomic mass is 9.50. The molecule has 9 nitrogen and oxygen atoms in total. The van der Waals surface area contributed by atoms with Crippen molar-refractivity contribution in [2.24, 2.45) is 0 Å². The van der Waals surface area contributed by atoms with Gasteiger partial charge >= 0.3 is 6.09 Å². The summed E-state index contributed by atoms with van der Waals surface area (Å²) in [5, 5.41) is 6.46. The third kappa shape index (κ3) is 8.67. The molecule has 1 aliphatic rings. The summed E-state index contributed by atoms with van der Waals surface area (Å²) in [5.74, 6) is 0.0288. The number of aromatic nitrogens is 4. The maximum atomic E-state index is 12.2. The topological polar surface area (TPSA) is 119 Å². The molecule has 4 aromatic rings. The Morgan fingerprint density at radius 2 is 1.30 bits per heavy atom. The fourth-order valence-corrected chi connectivity index (χ4v) is 7.21. The van der Waals surface area contributed by atoms with Gasteiger partial charge in [0, 0.05) is 36.0 Å². The van der Waals surface area contributed by atoms with Crippen LogP contribution in [-0.4, -0.2) is 56.4 Å². The summed E-state index contributed by atoms with van der Waals surface area (Å²) in [4.78, 5) is 41.9. The Kier molecular flexibility index (Phi) is 11.0. The second-order valence-corrected chi connectivity index (χ2v) is 13.9. The second kappa shape index (κ2) is 15.0. The number of benzene rings is 2. The molecule has 0 radical (unpaired) electrons. The Morgan fingerprint density at radius 1 is 0.761 bits per heavy atom. The zero-order valence-corrected chi connectivity index (χ0v) is 28.5. The molecule has 0 saturated heterocycles. The molecule has 0 bridgehead atoms. The zero-order chi connectivity index (χ0) is 32.8. The molecular weight excluding hydrogens is 667 g/mol. The quantitative estimate of drug-likeness (QED) is 0.0761. The number of carbonyl (C=O) groups is 2. The maximum absolute atomic E-state index is 12.2. The molecule has 1 fully saturated rings. The number of nitrogens with one attached hydrogen (secondary N) is 2. The van der Waals surface area contributed by atoms with Crippen LogP contribution in [-0.2, 0) is 9.53 Å². The number of rotatable bonds is 10. The molecule has 1 aliphatic carbocycles. The molecule has 2 heterocycles. The number of nitrogens with zero attached hydrogens (tertiary/aromatic N) is 4. The minimum atomic E-state index is -0.646. The minimum absolute atomic E-state index is 0.0194. The van der Waals surface area contributed by atoms with E-state index in [0.29, 0.717) is 17.3 Å². The number of ether oxygens (including phenoxy) is 1. The van der Waals surface area contributed by atoms with Crippen LogP contribution in [0, 0.1) is 0 Å². The standard InChI is InChI=1S/C33H33Cl3N6O3S/c1-33(2,3)45-32(44)38-18-24(43)37-14-15-46-25-17-22(40-31(36)42-25)29-26(19-10-6-4-7-11-19)28(21-16-23(34)41-30(35)39-21)27(29)20-12-8-5-9-13-20/h4-13,16-17,26-29H,14-15,18H2,1-3H3,(H,37,43)(H,38,44)/t26-,27-,28-,29-/m0/s1. The Balaban J connectivity index is 1.36. The molecule has 2 atom stereocenters. The lowest BCUT2D eigenvalue weighted by Gasteiger charge is -2.52. The summed E-state index contributed by atoms with van der Waals surface area (Å²) in [6.45, 7) is 5.44. The van der Waals surface area contributed by atoms with Crippen molar-refractivity contribution in [1.29, 1.82) is 0 Å². The summed E-state index contributed by atoms with van der Waals surface area (Å²) in [6, 6.07) is 24.2. The summed E-state index contributed by atoms with van der Waals surface area (Å²) >= 11 is 20.6. The van der Waals surface area contributed by atoms with Crippen LogP contribution in [0.25, 0.3) is 0 Å². The fraction of sp³-hybridized carbons (Fsp3) is 0.333. The van der Waals surface area contributed by atoms with Gasteiger partial charge in [-0.05, 0) is 67.2 Å². The van der Waals surface area contributed by atoms with E-state index in [9.17, 15) is 9.59 Å². The van der Waals surface area contributed by atoms with Crippen molar-refractivity contribution in [1.82, 2.24) is 30.6 Å². The third-order valence-electron chi connectivity index (χ3n) is 7.45. The van der Waals surface area contributed by atoms with E-state index in [1.807, 2.05) is 42.5 Å². The smallest absolute Gasteiger partial charge is 0.408 e. The van der Waals surface area contributed by atoms with Crippen molar-refractivity contribution in [2.75, 3.05) is 18.8 Å². The normalized spacial score (nSPS) is 19.2. The predicted octanol–water partition coefficient (Wildman–Crippen LogP) is 7.41. The first-order chi connectivity index (χ1) is 22.0. The summed E-state index contributed by atoms with van der Waals surface area (Å²) in [5.41, 5.74) is 3.17. The number of amides is 2. The highest BCUT2D eigenvalue weighted by atomic mass is 35.5. The number of carbonyl (C=O) groups excluding carboxylic acids is 2. The summed E-state index contributed by atoms with van der Waals surface area (Å²) < 4.78 is 5.16. The second-order valence-electron chi connectivity index (χ2n) is 11.8. The number of hydrogen-bond acceptors (Lipinski definition) is 8. The number of hydrogen-bond donors (Lipinski definition) is 2. The zero-order valence-electron chi connectivity index (χ0n) is 25.4. The van der Waals surface area contributed by atoms with Gasteiger partial charge in [0.2, 0.25) is 16.5 Å². The summed E-state index contributed by atoms with van der Waals surface area (Å²) in [6.07, 6.45) is -0.646. The monoisotopic (exact) mass is 698 g/mol. The van der Waals surface area contributed by atoms with Crippen molar-refractivity contribution in [3.8, 4) is 0 Å². The fourth-order valence-electron chi connectivity index (χ4n) is 5.77. The van der Waals surface area contributed by atoms with E-state index in [2.05, 4.69) is 49.9 Å². The van der Waals surface area contributed by atoms with E-state index in [1.165, 1.54) is 11.8 Å². The van der Waals surface area contributed by atoms with Gasteiger partial charge in [0.1, 0.15) is 15.8 Å². The lowest BCUT2D eigenvalue weighted by Crippen LogP contribution is -2.41. The van der Waals surface area contributed by atoms with Crippen molar-refractivity contribution >= 4 is 58.6 Å². The van der Waals surface area contributed by atoms with Gasteiger partial charge in [-0.2, -0.15) is 0 Å². The van der Waals surface area contributed by atoms with Crippen LogP contribution in [0.4, 0.5) is 4.79 Å². The van der Waals surface area contributed by atoms with Crippen LogP contribution in [0.15, 0.2) is 77.8 Å². The van der Waals surface area contributed by atoms with Crippen molar-refractivity contribution in [2.45, 2.75) is 55.1 Å². The van der Waals surface area contributed by atoms with Crippen molar-refractivity contribution in [3.63, 3.8) is 0 Å². The first-order valence-corrected chi connectivity index (χ1v) is 16.8. The molecule has 1 saturated carbocycles. The Hall–Kier alpha value is -3.44. The van der Waals surface area contributed by atoms with E-state index >= 15 is 0 Å². The number of alkyl carbamates (subject to hydrolysis) is 1. The minimum Gasteiger partial charge on any atom is -0.444 e. The van der Waals surface area contributed by atoms with E-state index in [-0.39, 0.29) is 51.8 Å². The molecule has 2 aromatic carbocycles. The molecule has 2 aromatic heterocycles. The lowest BCUT2D eigenvalue weighted by molar-refractivity contribution is -0.120. The van der Waals surface area contributed by atoms with Gasteiger partial charge in [-0.1, -0.05) is 72.3 Å². The molecule has 240 valence electrons. The molecule has 46 heavy (non-hydrogen) atoms. The molecule has 2 N–H and O–H groups in total. The van der Waals surface area contributed by atoms with E-state index < -0.39 is 11.7 Å². The molecule has 13 heteroatoms. The Morgan fingerprint density at radius 3 is 1.85 bits per heavy atom. The molecule has 2 amide bonds. The predicted molar refractivity (Wildman–Crippen MR) is 181 cm³/mol. The average molecular weight is 700 g/mol. The van der Waals surface area contributed by atoms with Gasteiger partial charge in [0.15, 0.2) is 0 Å². The number of halogens is 3. The van der Waals surface area contributed by atoms with Gasteiger partial charge in [-0.25, -0.2) is 24.7 Å². The third-order valence-corrected chi connectivity index (χ3v) is 8.89. The number of thioether (sulfide) groups is 1. The maximum Gasteiger partial charge on any atom is 0.408 e. The van der Waals surface area contributed by atoms with Gasteiger partial charge in [0.25, 0.3) is 0 Å². The van der Waals surface area contributed by atoms with Crippen molar-refractivity contribution < 1.29 is 14.3 Å². The highest BCUT2D eigenvalue weighted by Crippen LogP contribution is 2.66. The van der Waals surface area contributed by atoms with Crippen LogP contribution in [0.2, 0.25) is 15.7 Å². The Labute approximate surface area is 287 Å².